The Bertz CT molecular complexity index is 474. The highest BCUT2D eigenvalue weighted by molar-refractivity contribution is 5.52. The molecule has 0 aliphatic carbocycles. The van der Waals surface area contributed by atoms with E-state index in [0.29, 0.717) is 24.2 Å². The molecule has 1 aliphatic rings. The molecule has 1 saturated heterocycles. The summed E-state index contributed by atoms with van der Waals surface area (Å²) in [5.41, 5.74) is -0.632. The van der Waals surface area contributed by atoms with Crippen LogP contribution in [0, 0.1) is 0 Å². The average molecular weight is 301 g/mol. The summed E-state index contributed by atoms with van der Waals surface area (Å²) in [6.07, 6.45) is -0.549. The van der Waals surface area contributed by atoms with Gasteiger partial charge in [-0.2, -0.15) is 13.2 Å². The zero-order chi connectivity index (χ0) is 15.5. The van der Waals surface area contributed by atoms with E-state index in [0.717, 1.165) is 38.3 Å². The summed E-state index contributed by atoms with van der Waals surface area (Å²) in [4.78, 5) is 6.39. The molecule has 0 bridgehead atoms. The molecule has 2 heterocycles. The molecule has 1 atom stereocenters. The minimum absolute atomic E-state index is 0.292. The van der Waals surface area contributed by atoms with Gasteiger partial charge in [-0.15, -0.1) is 0 Å². The normalized spacial score (nSPS) is 19.1. The first-order chi connectivity index (χ1) is 9.95. The molecule has 0 aromatic carbocycles. The lowest BCUT2D eigenvalue weighted by Crippen LogP contribution is -2.29. The van der Waals surface area contributed by atoms with E-state index in [1.807, 2.05) is 11.8 Å². The monoisotopic (exact) mass is 301 g/mol. The SMILES string of the molecule is CCCNc1cc(C(F)(F)F)cc(N2CCCC2CC)n1. The topological polar surface area (TPSA) is 28.2 Å². The van der Waals surface area contributed by atoms with Crippen molar-refractivity contribution in [3.8, 4) is 0 Å². The molecule has 1 aromatic rings. The molecule has 0 spiro atoms. The Morgan fingerprint density at radius 2 is 2.10 bits per heavy atom. The minimum Gasteiger partial charge on any atom is -0.370 e. The van der Waals surface area contributed by atoms with Crippen LogP contribution in [0.1, 0.15) is 45.1 Å². The Labute approximate surface area is 123 Å². The lowest BCUT2D eigenvalue weighted by Gasteiger charge is -2.26. The molecule has 2 rings (SSSR count). The van der Waals surface area contributed by atoms with E-state index in [1.54, 1.807) is 0 Å². The number of alkyl halides is 3. The van der Waals surface area contributed by atoms with Gasteiger partial charge in [-0.05, 0) is 37.8 Å². The number of hydrogen-bond donors (Lipinski definition) is 1. The van der Waals surface area contributed by atoms with E-state index in [9.17, 15) is 13.2 Å². The van der Waals surface area contributed by atoms with Gasteiger partial charge in [0.25, 0.3) is 0 Å². The van der Waals surface area contributed by atoms with Crippen molar-refractivity contribution in [3.05, 3.63) is 17.7 Å². The number of aromatic nitrogens is 1. The second-order valence-corrected chi connectivity index (χ2v) is 5.42. The van der Waals surface area contributed by atoms with Crippen LogP contribution in [-0.2, 0) is 6.18 Å². The maximum absolute atomic E-state index is 13.1. The molecule has 21 heavy (non-hydrogen) atoms. The predicted molar refractivity (Wildman–Crippen MR) is 78.7 cm³/mol. The molecule has 1 unspecified atom stereocenters. The van der Waals surface area contributed by atoms with Crippen LogP contribution >= 0.6 is 0 Å². The number of nitrogens with zero attached hydrogens (tertiary/aromatic N) is 2. The first-order valence-electron chi connectivity index (χ1n) is 7.55. The number of rotatable bonds is 5. The predicted octanol–water partition coefficient (Wildman–Crippen LogP) is 4.30. The smallest absolute Gasteiger partial charge is 0.370 e. The molecule has 6 heteroatoms. The fraction of sp³-hybridized carbons (Fsp3) is 0.667. The number of hydrogen-bond acceptors (Lipinski definition) is 3. The molecule has 1 aromatic heterocycles. The standard InChI is InChI=1S/C15H22F3N3/c1-3-7-19-13-9-11(15(16,17)18)10-14(20-13)21-8-5-6-12(21)4-2/h9-10,12H,3-8H2,1-2H3,(H,19,20). The lowest BCUT2D eigenvalue weighted by atomic mass is 10.1. The van der Waals surface area contributed by atoms with Crippen molar-refractivity contribution in [2.45, 2.75) is 51.7 Å². The van der Waals surface area contributed by atoms with Crippen molar-refractivity contribution in [2.75, 3.05) is 23.3 Å². The van der Waals surface area contributed by atoms with Gasteiger partial charge < -0.3 is 10.2 Å². The van der Waals surface area contributed by atoms with Crippen LogP contribution in [0.2, 0.25) is 0 Å². The highest BCUT2D eigenvalue weighted by atomic mass is 19.4. The Balaban J connectivity index is 2.35. The summed E-state index contributed by atoms with van der Waals surface area (Å²) in [6.45, 7) is 5.42. The van der Waals surface area contributed by atoms with Gasteiger partial charge in [0.05, 0.1) is 5.56 Å². The molecule has 1 fully saturated rings. The van der Waals surface area contributed by atoms with Crippen LogP contribution in [0.25, 0.3) is 0 Å². The third-order valence-electron chi connectivity index (χ3n) is 3.84. The summed E-state index contributed by atoms with van der Waals surface area (Å²) in [5, 5.41) is 2.97. The van der Waals surface area contributed by atoms with Crippen molar-refractivity contribution >= 4 is 11.6 Å². The van der Waals surface area contributed by atoms with Crippen molar-refractivity contribution in [1.82, 2.24) is 4.98 Å². The number of halogens is 3. The molecule has 118 valence electrons. The van der Waals surface area contributed by atoms with Gasteiger partial charge in [0, 0.05) is 19.1 Å². The van der Waals surface area contributed by atoms with Gasteiger partial charge >= 0.3 is 6.18 Å². The Kier molecular flexibility index (Phi) is 4.96. The summed E-state index contributed by atoms with van der Waals surface area (Å²) in [6, 6.07) is 2.56. The summed E-state index contributed by atoms with van der Waals surface area (Å²) in [5.74, 6) is 0.746. The Morgan fingerprint density at radius 1 is 1.33 bits per heavy atom. The number of anilines is 2. The molecule has 0 saturated carbocycles. The first kappa shape index (κ1) is 15.9. The zero-order valence-corrected chi connectivity index (χ0v) is 12.5. The highest BCUT2D eigenvalue weighted by Gasteiger charge is 2.33. The zero-order valence-electron chi connectivity index (χ0n) is 12.5. The molecule has 0 radical (unpaired) electrons. The summed E-state index contributed by atoms with van der Waals surface area (Å²) in [7, 11) is 0. The fourth-order valence-electron chi connectivity index (χ4n) is 2.73. The molecule has 0 amide bonds. The largest absolute Gasteiger partial charge is 0.416 e. The van der Waals surface area contributed by atoms with Crippen molar-refractivity contribution in [2.24, 2.45) is 0 Å². The van der Waals surface area contributed by atoms with Crippen LogP contribution in [0.3, 0.4) is 0 Å². The minimum atomic E-state index is -4.35. The average Bonchev–Trinajstić information content (AvgIpc) is 2.92. The lowest BCUT2D eigenvalue weighted by molar-refractivity contribution is -0.137. The summed E-state index contributed by atoms with van der Waals surface area (Å²) < 4.78 is 39.2. The number of pyridine rings is 1. The quantitative estimate of drug-likeness (QED) is 0.879. The van der Waals surface area contributed by atoms with Crippen LogP contribution in [0.5, 0.6) is 0 Å². The van der Waals surface area contributed by atoms with Crippen molar-refractivity contribution in [1.29, 1.82) is 0 Å². The third-order valence-corrected chi connectivity index (χ3v) is 3.84. The maximum atomic E-state index is 13.1. The van der Waals surface area contributed by atoms with Gasteiger partial charge in [-0.3, -0.25) is 0 Å². The van der Waals surface area contributed by atoms with Crippen molar-refractivity contribution < 1.29 is 13.2 Å². The molecular formula is C15H22F3N3. The fourth-order valence-corrected chi connectivity index (χ4v) is 2.73. The summed E-state index contributed by atoms with van der Waals surface area (Å²) >= 11 is 0. The van der Waals surface area contributed by atoms with Crippen molar-refractivity contribution in [3.63, 3.8) is 0 Å². The van der Waals surface area contributed by atoms with E-state index >= 15 is 0 Å². The molecule has 1 N–H and O–H groups in total. The Hall–Kier alpha value is -1.46. The second kappa shape index (κ2) is 6.54. The van der Waals surface area contributed by atoms with E-state index in [-0.39, 0.29) is 0 Å². The van der Waals surface area contributed by atoms with Gasteiger partial charge in [0.15, 0.2) is 0 Å². The van der Waals surface area contributed by atoms with Gasteiger partial charge in [-0.1, -0.05) is 13.8 Å². The third kappa shape index (κ3) is 3.80. The maximum Gasteiger partial charge on any atom is 0.416 e. The van der Waals surface area contributed by atoms with E-state index in [2.05, 4.69) is 17.2 Å². The van der Waals surface area contributed by atoms with Gasteiger partial charge in [-0.25, -0.2) is 4.98 Å². The van der Waals surface area contributed by atoms with E-state index in [4.69, 9.17) is 0 Å². The second-order valence-electron chi connectivity index (χ2n) is 5.42. The van der Waals surface area contributed by atoms with Crippen LogP contribution < -0.4 is 10.2 Å². The number of nitrogens with one attached hydrogen (secondary N) is 1. The van der Waals surface area contributed by atoms with E-state index in [1.165, 1.54) is 6.07 Å². The molecular weight excluding hydrogens is 279 g/mol. The first-order valence-corrected chi connectivity index (χ1v) is 7.55. The van der Waals surface area contributed by atoms with Crippen LogP contribution in [-0.4, -0.2) is 24.1 Å². The van der Waals surface area contributed by atoms with Crippen LogP contribution in [0.4, 0.5) is 24.8 Å². The van der Waals surface area contributed by atoms with Gasteiger partial charge in [0.1, 0.15) is 11.6 Å². The van der Waals surface area contributed by atoms with E-state index < -0.39 is 11.7 Å². The van der Waals surface area contributed by atoms with Gasteiger partial charge in [0.2, 0.25) is 0 Å². The van der Waals surface area contributed by atoms with Crippen LogP contribution in [0.15, 0.2) is 12.1 Å². The molecule has 1 aliphatic heterocycles. The highest BCUT2D eigenvalue weighted by Crippen LogP contribution is 2.35. The molecule has 3 nitrogen and oxygen atoms in total. The Morgan fingerprint density at radius 3 is 2.71 bits per heavy atom.